The van der Waals surface area contributed by atoms with Gasteiger partial charge in [-0.25, -0.2) is 8.42 Å². The molecule has 0 bridgehead atoms. The molecule has 1 aliphatic heterocycles. The van der Waals surface area contributed by atoms with Crippen LogP contribution in [-0.2, 0) is 27.7 Å². The molecule has 8 nitrogen and oxygen atoms in total. The molecule has 0 saturated carbocycles. The Morgan fingerprint density at radius 3 is 2.61 bits per heavy atom. The number of benzene rings is 2. The van der Waals surface area contributed by atoms with Crippen molar-refractivity contribution in [2.24, 2.45) is 0 Å². The summed E-state index contributed by atoms with van der Waals surface area (Å²) in [4.78, 5) is 12.7. The van der Waals surface area contributed by atoms with Crippen molar-refractivity contribution in [3.05, 3.63) is 65.0 Å². The number of methoxy groups -OCH3 is 1. The van der Waals surface area contributed by atoms with Crippen LogP contribution in [0.4, 0.5) is 11.4 Å². The van der Waals surface area contributed by atoms with E-state index in [0.717, 1.165) is 29.0 Å². The lowest BCUT2D eigenvalue weighted by Crippen LogP contribution is -2.35. The summed E-state index contributed by atoms with van der Waals surface area (Å²) in [5.41, 5.74) is 3.94. The maximum Gasteiger partial charge on any atom is 0.264 e. The van der Waals surface area contributed by atoms with Crippen LogP contribution in [0.15, 0.2) is 51.9 Å². The van der Waals surface area contributed by atoms with Gasteiger partial charge in [-0.15, -0.1) is 0 Å². The third kappa shape index (κ3) is 4.73. The summed E-state index contributed by atoms with van der Waals surface area (Å²) in [7, 11) is -2.16. The third-order valence-corrected chi connectivity index (χ3v) is 7.70. The van der Waals surface area contributed by atoms with Crippen molar-refractivity contribution in [3.8, 4) is 5.75 Å². The van der Waals surface area contributed by atoms with Crippen molar-refractivity contribution in [3.63, 3.8) is 0 Å². The molecule has 174 valence electrons. The first-order valence-electron chi connectivity index (χ1n) is 10.8. The van der Waals surface area contributed by atoms with Crippen molar-refractivity contribution in [2.75, 3.05) is 23.3 Å². The summed E-state index contributed by atoms with van der Waals surface area (Å²) in [5, 5.41) is 6.84. The summed E-state index contributed by atoms with van der Waals surface area (Å²) in [6, 6.07) is 11.7. The number of aromatic nitrogens is 1. The fourth-order valence-electron chi connectivity index (χ4n) is 4.09. The Morgan fingerprint density at radius 2 is 1.94 bits per heavy atom. The summed E-state index contributed by atoms with van der Waals surface area (Å²) in [6.45, 7) is 4.10. The number of nitrogens with one attached hydrogen (secondary N) is 1. The van der Waals surface area contributed by atoms with Crippen molar-refractivity contribution in [1.29, 1.82) is 0 Å². The van der Waals surface area contributed by atoms with E-state index in [-0.39, 0.29) is 10.8 Å². The zero-order chi connectivity index (χ0) is 23.6. The molecule has 1 amide bonds. The largest absolute Gasteiger partial charge is 0.497 e. The molecule has 0 unspecified atom stereocenters. The van der Waals surface area contributed by atoms with Crippen LogP contribution in [-0.4, -0.2) is 33.1 Å². The van der Waals surface area contributed by atoms with Gasteiger partial charge in [-0.3, -0.25) is 9.10 Å². The first-order chi connectivity index (χ1) is 15.8. The molecule has 0 aliphatic carbocycles. The molecule has 1 aliphatic rings. The number of anilines is 2. The molecule has 9 heteroatoms. The van der Waals surface area contributed by atoms with E-state index in [1.165, 1.54) is 11.4 Å². The minimum absolute atomic E-state index is 0.117. The van der Waals surface area contributed by atoms with Gasteiger partial charge < -0.3 is 14.6 Å². The van der Waals surface area contributed by atoms with Gasteiger partial charge in [-0.2, -0.15) is 0 Å². The Kier molecular flexibility index (Phi) is 6.42. The molecule has 33 heavy (non-hydrogen) atoms. The molecule has 0 saturated heterocycles. The fourth-order valence-corrected chi connectivity index (χ4v) is 5.63. The molecule has 4 rings (SSSR count). The predicted octanol–water partition coefficient (Wildman–Crippen LogP) is 4.01. The lowest BCUT2D eigenvalue weighted by molar-refractivity contribution is -0.116. The second-order valence-corrected chi connectivity index (χ2v) is 9.91. The van der Waals surface area contributed by atoms with Gasteiger partial charge in [0.05, 0.1) is 23.4 Å². The Morgan fingerprint density at radius 1 is 1.18 bits per heavy atom. The van der Waals surface area contributed by atoms with E-state index >= 15 is 0 Å². The molecule has 3 aromatic rings. The second-order valence-electron chi connectivity index (χ2n) is 8.05. The van der Waals surface area contributed by atoms with E-state index in [1.807, 2.05) is 19.9 Å². The Bertz CT molecular complexity index is 1250. The van der Waals surface area contributed by atoms with E-state index in [2.05, 4.69) is 10.5 Å². The Labute approximate surface area is 193 Å². The quantitative estimate of drug-likeness (QED) is 0.561. The van der Waals surface area contributed by atoms with Gasteiger partial charge >= 0.3 is 0 Å². The fraction of sp³-hybridized carbons (Fsp3) is 0.333. The van der Waals surface area contributed by atoms with Gasteiger partial charge in [-0.05, 0) is 81.1 Å². The monoisotopic (exact) mass is 469 g/mol. The number of sulfonamides is 1. The highest BCUT2D eigenvalue weighted by molar-refractivity contribution is 7.92. The number of carbonyl (C=O) groups is 1. The van der Waals surface area contributed by atoms with Gasteiger partial charge in [0.15, 0.2) is 0 Å². The average molecular weight is 470 g/mol. The highest BCUT2D eigenvalue weighted by Crippen LogP contribution is 2.34. The van der Waals surface area contributed by atoms with E-state index in [9.17, 15) is 13.2 Å². The summed E-state index contributed by atoms with van der Waals surface area (Å²) < 4.78 is 38.3. The lowest BCUT2D eigenvalue weighted by atomic mass is 10.0. The van der Waals surface area contributed by atoms with Gasteiger partial charge in [0.1, 0.15) is 11.5 Å². The van der Waals surface area contributed by atoms with Crippen LogP contribution in [0.2, 0.25) is 0 Å². The van der Waals surface area contributed by atoms with E-state index < -0.39 is 10.0 Å². The molecule has 0 spiro atoms. The van der Waals surface area contributed by atoms with Crippen LogP contribution < -0.4 is 14.4 Å². The van der Waals surface area contributed by atoms with Crippen molar-refractivity contribution >= 4 is 27.3 Å². The van der Waals surface area contributed by atoms with Crippen LogP contribution in [0.3, 0.4) is 0 Å². The molecular weight excluding hydrogens is 442 g/mol. The van der Waals surface area contributed by atoms with Crippen molar-refractivity contribution in [1.82, 2.24) is 5.16 Å². The number of nitrogens with zero attached hydrogens (tertiary/aromatic N) is 2. The SMILES string of the molecule is COc1ccc(S(=O)(=O)N2CCCc3cc(NC(=O)CCc4c(C)noc4C)ccc32)cc1. The minimum atomic E-state index is -3.70. The minimum Gasteiger partial charge on any atom is -0.497 e. The number of ether oxygens (including phenoxy) is 1. The van der Waals surface area contributed by atoms with E-state index in [1.54, 1.807) is 36.4 Å². The van der Waals surface area contributed by atoms with Crippen molar-refractivity contribution < 1.29 is 22.5 Å². The highest BCUT2D eigenvalue weighted by atomic mass is 32.2. The molecule has 2 heterocycles. The Hall–Kier alpha value is -3.33. The molecule has 0 fully saturated rings. The molecule has 1 N–H and O–H groups in total. The molecule has 0 atom stereocenters. The summed E-state index contributed by atoms with van der Waals surface area (Å²) >= 11 is 0. The Balaban J connectivity index is 1.49. The van der Waals surface area contributed by atoms with Gasteiger partial charge in [0.2, 0.25) is 5.91 Å². The number of carbonyl (C=O) groups excluding carboxylic acids is 1. The molecule has 1 aromatic heterocycles. The number of amides is 1. The molecule has 0 radical (unpaired) electrons. The number of rotatable bonds is 7. The second kappa shape index (κ2) is 9.27. The molecular formula is C24H27N3O5S. The predicted molar refractivity (Wildman–Crippen MR) is 125 cm³/mol. The maximum absolute atomic E-state index is 13.3. The number of hydrogen-bond acceptors (Lipinski definition) is 6. The zero-order valence-electron chi connectivity index (χ0n) is 18.9. The zero-order valence-corrected chi connectivity index (χ0v) is 19.7. The normalized spacial score (nSPS) is 13.5. The summed E-state index contributed by atoms with van der Waals surface area (Å²) in [5.74, 6) is 1.21. The van der Waals surface area contributed by atoms with Crippen molar-refractivity contribution in [2.45, 2.75) is 44.4 Å². The first-order valence-corrected chi connectivity index (χ1v) is 12.2. The lowest BCUT2D eigenvalue weighted by Gasteiger charge is -2.31. The van der Waals surface area contributed by atoms with Crippen LogP contribution in [0.25, 0.3) is 0 Å². The van der Waals surface area contributed by atoms with Crippen LogP contribution >= 0.6 is 0 Å². The number of hydrogen-bond donors (Lipinski definition) is 1. The third-order valence-electron chi connectivity index (χ3n) is 5.87. The van der Waals surface area contributed by atoms with Gasteiger partial charge in [0.25, 0.3) is 10.0 Å². The maximum atomic E-state index is 13.3. The van der Waals surface area contributed by atoms with Crippen LogP contribution in [0.5, 0.6) is 5.75 Å². The first kappa shape index (κ1) is 22.8. The van der Waals surface area contributed by atoms with E-state index in [0.29, 0.717) is 42.9 Å². The van der Waals surface area contributed by atoms with E-state index in [4.69, 9.17) is 9.26 Å². The average Bonchev–Trinajstić information content (AvgIpc) is 3.14. The summed E-state index contributed by atoms with van der Waals surface area (Å²) in [6.07, 6.45) is 2.29. The number of aryl methyl sites for hydroxylation is 3. The topological polar surface area (TPSA) is 102 Å². The van der Waals surface area contributed by atoms with Crippen LogP contribution in [0, 0.1) is 13.8 Å². The highest BCUT2D eigenvalue weighted by Gasteiger charge is 2.29. The standard InChI is InChI=1S/C24H27N3O5S/c1-16-22(17(2)32-26-16)11-13-24(28)25-19-6-12-23-18(15-19)5-4-14-27(23)33(29,30)21-9-7-20(31-3)8-10-21/h6-10,12,15H,4-5,11,13-14H2,1-3H3,(H,25,28). The number of fused-ring (bicyclic) bond motifs is 1. The smallest absolute Gasteiger partial charge is 0.264 e. The molecule has 2 aromatic carbocycles. The van der Waals surface area contributed by atoms with Gasteiger partial charge in [0, 0.05) is 24.2 Å². The van der Waals surface area contributed by atoms with Gasteiger partial charge in [-0.1, -0.05) is 5.16 Å². The van der Waals surface area contributed by atoms with Crippen LogP contribution in [0.1, 0.15) is 35.4 Å².